The Morgan fingerprint density at radius 1 is 1.29 bits per heavy atom. The summed E-state index contributed by atoms with van der Waals surface area (Å²) in [7, 11) is 1.61. The second kappa shape index (κ2) is 4.49. The van der Waals surface area contributed by atoms with E-state index >= 15 is 0 Å². The van der Waals surface area contributed by atoms with Crippen LogP contribution in [0.15, 0.2) is 36.1 Å². The standard InChI is InChI=1S/C13H15NO3/c1-8-7-11(15)13(16)14-12(8)9-3-5-10(17-2)6-4-9/h3-8,12,15H,1-2H3,(H,14,16). The van der Waals surface area contributed by atoms with Gasteiger partial charge < -0.3 is 15.2 Å². The SMILES string of the molecule is COc1ccc(C2NC(=O)C(O)=CC2C)cc1. The van der Waals surface area contributed by atoms with Crippen molar-refractivity contribution < 1.29 is 14.6 Å². The lowest BCUT2D eigenvalue weighted by atomic mass is 9.91. The highest BCUT2D eigenvalue weighted by Gasteiger charge is 2.27. The minimum atomic E-state index is -0.427. The number of amides is 1. The molecule has 0 aliphatic carbocycles. The number of aliphatic hydroxyl groups excluding tert-OH is 1. The molecule has 0 spiro atoms. The van der Waals surface area contributed by atoms with Gasteiger partial charge in [-0.25, -0.2) is 0 Å². The number of carbonyl (C=O) groups is 1. The summed E-state index contributed by atoms with van der Waals surface area (Å²) < 4.78 is 5.08. The van der Waals surface area contributed by atoms with E-state index < -0.39 is 5.91 Å². The number of nitrogens with one attached hydrogen (secondary N) is 1. The maximum absolute atomic E-state index is 11.4. The molecule has 2 rings (SSSR count). The zero-order valence-electron chi connectivity index (χ0n) is 9.81. The highest BCUT2D eigenvalue weighted by molar-refractivity contribution is 5.92. The van der Waals surface area contributed by atoms with Gasteiger partial charge in [0.1, 0.15) is 5.75 Å². The van der Waals surface area contributed by atoms with Crippen molar-refractivity contribution in [2.45, 2.75) is 13.0 Å². The normalized spacial score (nSPS) is 23.9. The molecule has 0 saturated carbocycles. The Labute approximate surface area is 99.9 Å². The van der Waals surface area contributed by atoms with E-state index in [9.17, 15) is 9.90 Å². The van der Waals surface area contributed by atoms with Crippen molar-refractivity contribution >= 4 is 5.91 Å². The highest BCUT2D eigenvalue weighted by atomic mass is 16.5. The summed E-state index contributed by atoms with van der Waals surface area (Å²) in [5.41, 5.74) is 0.996. The van der Waals surface area contributed by atoms with Gasteiger partial charge >= 0.3 is 0 Å². The van der Waals surface area contributed by atoms with Crippen LogP contribution >= 0.6 is 0 Å². The van der Waals surface area contributed by atoms with Gasteiger partial charge in [-0.2, -0.15) is 0 Å². The first-order valence-electron chi connectivity index (χ1n) is 5.47. The Morgan fingerprint density at radius 3 is 2.53 bits per heavy atom. The van der Waals surface area contributed by atoms with Crippen LogP contribution in [-0.2, 0) is 4.79 Å². The van der Waals surface area contributed by atoms with Crippen molar-refractivity contribution in [3.8, 4) is 5.75 Å². The molecule has 0 aromatic heterocycles. The molecule has 0 bridgehead atoms. The lowest BCUT2D eigenvalue weighted by molar-refractivity contribution is -0.121. The number of ether oxygens (including phenoxy) is 1. The van der Waals surface area contributed by atoms with E-state index in [-0.39, 0.29) is 17.7 Å². The maximum Gasteiger partial charge on any atom is 0.286 e. The van der Waals surface area contributed by atoms with Crippen molar-refractivity contribution in [2.75, 3.05) is 7.11 Å². The quantitative estimate of drug-likeness (QED) is 0.820. The van der Waals surface area contributed by atoms with Gasteiger partial charge in [-0.15, -0.1) is 0 Å². The minimum absolute atomic E-state index is 0.0566. The molecular formula is C13H15NO3. The summed E-state index contributed by atoms with van der Waals surface area (Å²) in [6.07, 6.45) is 1.58. The predicted molar refractivity (Wildman–Crippen MR) is 63.8 cm³/mol. The molecule has 4 heteroatoms. The lowest BCUT2D eigenvalue weighted by Gasteiger charge is -2.27. The molecule has 1 aliphatic rings. The molecule has 4 nitrogen and oxygen atoms in total. The van der Waals surface area contributed by atoms with Gasteiger partial charge in [0.05, 0.1) is 13.2 Å². The van der Waals surface area contributed by atoms with Gasteiger partial charge in [0.2, 0.25) is 0 Å². The predicted octanol–water partition coefficient (Wildman–Crippen LogP) is 1.94. The molecule has 1 amide bonds. The Bertz CT molecular complexity index is 450. The number of hydrogen-bond acceptors (Lipinski definition) is 3. The first kappa shape index (κ1) is 11.5. The molecule has 1 aromatic rings. The summed E-state index contributed by atoms with van der Waals surface area (Å²) in [4.78, 5) is 11.4. The first-order chi connectivity index (χ1) is 8.11. The topological polar surface area (TPSA) is 58.6 Å². The monoisotopic (exact) mass is 233 g/mol. The van der Waals surface area contributed by atoms with Gasteiger partial charge in [0.15, 0.2) is 5.76 Å². The van der Waals surface area contributed by atoms with Gasteiger partial charge in [0.25, 0.3) is 5.91 Å². The first-order valence-corrected chi connectivity index (χ1v) is 5.47. The van der Waals surface area contributed by atoms with Crippen LogP contribution in [0.25, 0.3) is 0 Å². The fraction of sp³-hybridized carbons (Fsp3) is 0.308. The molecule has 2 N–H and O–H groups in total. The molecule has 0 saturated heterocycles. The van der Waals surface area contributed by atoms with Crippen molar-refractivity contribution in [3.05, 3.63) is 41.7 Å². The molecule has 1 aromatic carbocycles. The number of hydrogen-bond donors (Lipinski definition) is 2. The van der Waals surface area contributed by atoms with E-state index in [4.69, 9.17) is 4.74 Å². The second-order valence-corrected chi connectivity index (χ2v) is 4.14. The minimum Gasteiger partial charge on any atom is -0.503 e. The molecule has 1 aliphatic heterocycles. The third-order valence-corrected chi connectivity index (χ3v) is 2.94. The molecular weight excluding hydrogens is 218 g/mol. The average Bonchev–Trinajstić information content (AvgIpc) is 2.34. The third-order valence-electron chi connectivity index (χ3n) is 2.94. The van der Waals surface area contributed by atoms with Gasteiger partial charge in [-0.1, -0.05) is 19.1 Å². The average molecular weight is 233 g/mol. The van der Waals surface area contributed by atoms with Crippen molar-refractivity contribution in [1.82, 2.24) is 5.32 Å². The van der Waals surface area contributed by atoms with Crippen LogP contribution < -0.4 is 10.1 Å². The van der Waals surface area contributed by atoms with Gasteiger partial charge in [0, 0.05) is 5.92 Å². The van der Waals surface area contributed by atoms with E-state index in [2.05, 4.69) is 5.32 Å². The number of aliphatic hydroxyl groups is 1. The van der Waals surface area contributed by atoms with Crippen LogP contribution in [-0.4, -0.2) is 18.1 Å². The Morgan fingerprint density at radius 2 is 1.94 bits per heavy atom. The number of carbonyl (C=O) groups excluding carboxylic acids is 1. The highest BCUT2D eigenvalue weighted by Crippen LogP contribution is 2.28. The fourth-order valence-electron chi connectivity index (χ4n) is 1.97. The van der Waals surface area contributed by atoms with Crippen LogP contribution in [0.4, 0.5) is 0 Å². The Balaban J connectivity index is 2.25. The van der Waals surface area contributed by atoms with E-state index in [1.54, 1.807) is 13.2 Å². The van der Waals surface area contributed by atoms with Crippen LogP contribution in [0.5, 0.6) is 5.75 Å². The van der Waals surface area contributed by atoms with Crippen molar-refractivity contribution in [2.24, 2.45) is 5.92 Å². The van der Waals surface area contributed by atoms with E-state index in [1.807, 2.05) is 31.2 Å². The lowest BCUT2D eigenvalue weighted by Crippen LogP contribution is -2.37. The van der Waals surface area contributed by atoms with E-state index in [0.717, 1.165) is 11.3 Å². The summed E-state index contributed by atoms with van der Waals surface area (Å²) in [5.74, 6) is 0.203. The number of rotatable bonds is 2. The van der Waals surface area contributed by atoms with Crippen LogP contribution in [0.3, 0.4) is 0 Å². The summed E-state index contributed by atoms with van der Waals surface area (Å²) in [6.45, 7) is 1.95. The Hall–Kier alpha value is -1.97. The molecule has 2 atom stereocenters. The summed E-state index contributed by atoms with van der Waals surface area (Å²) >= 11 is 0. The van der Waals surface area contributed by atoms with Crippen LogP contribution in [0.1, 0.15) is 18.5 Å². The van der Waals surface area contributed by atoms with Crippen LogP contribution in [0, 0.1) is 5.92 Å². The molecule has 17 heavy (non-hydrogen) atoms. The summed E-state index contributed by atoms with van der Waals surface area (Å²) in [5, 5.41) is 12.1. The summed E-state index contributed by atoms with van der Waals surface area (Å²) in [6, 6.07) is 7.43. The smallest absolute Gasteiger partial charge is 0.286 e. The molecule has 2 unspecified atom stereocenters. The van der Waals surface area contributed by atoms with Gasteiger partial charge in [-0.05, 0) is 23.8 Å². The van der Waals surface area contributed by atoms with Crippen molar-refractivity contribution in [3.63, 3.8) is 0 Å². The number of methoxy groups -OCH3 is 1. The third kappa shape index (κ3) is 2.25. The Kier molecular flexibility index (Phi) is 3.04. The number of benzene rings is 1. The fourth-order valence-corrected chi connectivity index (χ4v) is 1.97. The van der Waals surface area contributed by atoms with Crippen LogP contribution in [0.2, 0.25) is 0 Å². The van der Waals surface area contributed by atoms with Crippen molar-refractivity contribution in [1.29, 1.82) is 0 Å². The molecule has 0 fully saturated rings. The van der Waals surface area contributed by atoms with E-state index in [0.29, 0.717) is 0 Å². The largest absolute Gasteiger partial charge is 0.503 e. The second-order valence-electron chi connectivity index (χ2n) is 4.14. The zero-order valence-corrected chi connectivity index (χ0v) is 9.81. The maximum atomic E-state index is 11.4. The van der Waals surface area contributed by atoms with Gasteiger partial charge in [-0.3, -0.25) is 4.79 Å². The molecule has 1 heterocycles. The molecule has 0 radical (unpaired) electrons. The van der Waals surface area contributed by atoms with E-state index in [1.165, 1.54) is 0 Å². The zero-order chi connectivity index (χ0) is 12.4. The molecule has 90 valence electrons.